The first-order valence-corrected chi connectivity index (χ1v) is 10.6. The summed E-state index contributed by atoms with van der Waals surface area (Å²) in [6.45, 7) is 1.55. The van der Waals surface area contributed by atoms with Crippen molar-refractivity contribution < 1.29 is 17.9 Å². The second kappa shape index (κ2) is 8.58. The van der Waals surface area contributed by atoms with Crippen molar-refractivity contribution in [1.29, 1.82) is 0 Å². The molecule has 2 aromatic rings. The van der Waals surface area contributed by atoms with Crippen LogP contribution in [0.2, 0.25) is 10.0 Å². The van der Waals surface area contributed by atoms with Gasteiger partial charge < -0.3 is 10.1 Å². The minimum Gasteiger partial charge on any atom is -0.379 e. The van der Waals surface area contributed by atoms with Crippen LogP contribution in [-0.4, -0.2) is 44.9 Å². The van der Waals surface area contributed by atoms with Crippen LogP contribution >= 0.6 is 23.2 Å². The summed E-state index contributed by atoms with van der Waals surface area (Å²) < 4.78 is 31.5. The molecule has 0 atom stereocenters. The van der Waals surface area contributed by atoms with E-state index < -0.39 is 10.0 Å². The highest BCUT2D eigenvalue weighted by atomic mass is 35.5. The Morgan fingerprint density at radius 1 is 1.07 bits per heavy atom. The van der Waals surface area contributed by atoms with Gasteiger partial charge in [0, 0.05) is 23.7 Å². The van der Waals surface area contributed by atoms with Crippen molar-refractivity contribution in [2.45, 2.75) is 5.75 Å². The van der Waals surface area contributed by atoms with E-state index in [9.17, 15) is 13.2 Å². The third-order valence-corrected chi connectivity index (χ3v) is 6.51. The Bertz CT molecular complexity index is 927. The highest BCUT2D eigenvalue weighted by molar-refractivity contribution is 7.88. The van der Waals surface area contributed by atoms with Crippen LogP contribution in [0.5, 0.6) is 0 Å². The van der Waals surface area contributed by atoms with Gasteiger partial charge in [-0.25, -0.2) is 8.42 Å². The molecule has 9 heteroatoms. The lowest BCUT2D eigenvalue weighted by molar-refractivity contribution is 0.0729. The third kappa shape index (κ3) is 5.21. The Labute approximate surface area is 168 Å². The number of ether oxygens (including phenoxy) is 1. The zero-order valence-electron chi connectivity index (χ0n) is 14.3. The fourth-order valence-electron chi connectivity index (χ4n) is 2.66. The van der Waals surface area contributed by atoms with Gasteiger partial charge >= 0.3 is 0 Å². The number of carbonyl (C=O) groups is 1. The molecule has 27 heavy (non-hydrogen) atoms. The number of nitrogens with zero attached hydrogens (tertiary/aromatic N) is 1. The molecule has 0 aromatic heterocycles. The van der Waals surface area contributed by atoms with Gasteiger partial charge in [0.2, 0.25) is 10.0 Å². The first kappa shape index (κ1) is 20.1. The third-order valence-electron chi connectivity index (χ3n) is 4.11. The summed E-state index contributed by atoms with van der Waals surface area (Å²) in [5.41, 5.74) is 1.46. The number of morpholine rings is 1. The van der Waals surface area contributed by atoms with Gasteiger partial charge in [-0.3, -0.25) is 4.79 Å². The molecular formula is C18H18Cl2N2O4S. The van der Waals surface area contributed by atoms with E-state index >= 15 is 0 Å². The summed E-state index contributed by atoms with van der Waals surface area (Å²) in [6, 6.07) is 11.2. The monoisotopic (exact) mass is 428 g/mol. The summed E-state index contributed by atoms with van der Waals surface area (Å²) in [6.07, 6.45) is 0. The summed E-state index contributed by atoms with van der Waals surface area (Å²) in [4.78, 5) is 12.4. The van der Waals surface area contributed by atoms with Crippen molar-refractivity contribution in [2.75, 3.05) is 31.6 Å². The first-order valence-electron chi connectivity index (χ1n) is 8.26. The van der Waals surface area contributed by atoms with E-state index in [4.69, 9.17) is 27.9 Å². The minimum atomic E-state index is -3.40. The average molecular weight is 429 g/mol. The van der Waals surface area contributed by atoms with Gasteiger partial charge in [-0.05, 0) is 35.9 Å². The van der Waals surface area contributed by atoms with Crippen molar-refractivity contribution in [2.24, 2.45) is 0 Å². The molecule has 0 aliphatic carbocycles. The zero-order chi connectivity index (χ0) is 19.4. The van der Waals surface area contributed by atoms with Gasteiger partial charge in [-0.2, -0.15) is 4.31 Å². The number of hydrogen-bond acceptors (Lipinski definition) is 4. The number of hydrogen-bond donors (Lipinski definition) is 1. The van der Waals surface area contributed by atoms with E-state index in [-0.39, 0.29) is 11.7 Å². The van der Waals surface area contributed by atoms with Crippen LogP contribution in [0, 0.1) is 0 Å². The van der Waals surface area contributed by atoms with E-state index in [1.54, 1.807) is 36.4 Å². The predicted molar refractivity (Wildman–Crippen MR) is 106 cm³/mol. The number of halogens is 2. The van der Waals surface area contributed by atoms with E-state index in [0.717, 1.165) is 0 Å². The Morgan fingerprint density at radius 3 is 2.37 bits per heavy atom. The fraction of sp³-hybridized carbons (Fsp3) is 0.278. The van der Waals surface area contributed by atoms with Gasteiger partial charge in [-0.15, -0.1) is 0 Å². The van der Waals surface area contributed by atoms with Gasteiger partial charge in [0.15, 0.2) is 0 Å². The van der Waals surface area contributed by atoms with Crippen LogP contribution in [0.25, 0.3) is 0 Å². The van der Waals surface area contributed by atoms with Crippen LogP contribution in [0.4, 0.5) is 5.69 Å². The predicted octanol–water partition coefficient (Wildman–Crippen LogP) is 3.41. The molecular weight excluding hydrogens is 411 g/mol. The normalized spacial score (nSPS) is 15.5. The van der Waals surface area contributed by atoms with Crippen LogP contribution in [0.3, 0.4) is 0 Å². The molecule has 1 heterocycles. The Morgan fingerprint density at radius 2 is 1.74 bits per heavy atom. The maximum Gasteiger partial charge on any atom is 0.255 e. The molecule has 1 aliphatic heterocycles. The molecule has 0 spiro atoms. The fourth-order valence-corrected chi connectivity index (χ4v) is 4.62. The van der Waals surface area contributed by atoms with E-state index in [1.165, 1.54) is 10.4 Å². The molecule has 1 amide bonds. The topological polar surface area (TPSA) is 75.7 Å². The maximum atomic E-state index is 12.4. The number of anilines is 1. The minimum absolute atomic E-state index is 0.113. The summed E-state index contributed by atoms with van der Waals surface area (Å²) >= 11 is 11.9. The smallest absolute Gasteiger partial charge is 0.255 e. The maximum absolute atomic E-state index is 12.4. The van der Waals surface area contributed by atoms with Crippen molar-refractivity contribution in [3.63, 3.8) is 0 Å². The molecule has 0 saturated carbocycles. The molecule has 0 radical (unpaired) electrons. The van der Waals surface area contributed by atoms with Crippen molar-refractivity contribution in [3.05, 3.63) is 63.6 Å². The number of rotatable bonds is 5. The molecule has 6 nitrogen and oxygen atoms in total. The first-order chi connectivity index (χ1) is 12.8. The number of carbonyl (C=O) groups excluding carboxylic acids is 1. The molecule has 144 valence electrons. The van der Waals surface area contributed by atoms with Gasteiger partial charge in [0.05, 0.1) is 29.7 Å². The highest BCUT2D eigenvalue weighted by Crippen LogP contribution is 2.26. The van der Waals surface area contributed by atoms with Gasteiger partial charge in [0.25, 0.3) is 5.91 Å². The highest BCUT2D eigenvalue weighted by Gasteiger charge is 2.24. The second-order valence-corrected chi connectivity index (χ2v) is 8.86. The molecule has 1 fully saturated rings. The van der Waals surface area contributed by atoms with Crippen molar-refractivity contribution in [1.82, 2.24) is 4.31 Å². The molecule has 0 unspecified atom stereocenters. The standard InChI is InChI=1S/C18H18Cl2N2O4S/c19-15-5-6-17(16(20)11-15)21-18(23)14-3-1-13(2-4-14)12-27(24,25)22-7-9-26-10-8-22/h1-6,11H,7-10,12H2,(H,21,23). The summed E-state index contributed by atoms with van der Waals surface area (Å²) in [7, 11) is -3.40. The number of benzene rings is 2. The zero-order valence-corrected chi connectivity index (χ0v) is 16.6. The molecule has 0 bridgehead atoms. The van der Waals surface area contributed by atoms with E-state index in [2.05, 4.69) is 5.32 Å². The Hall–Kier alpha value is -1.64. The van der Waals surface area contributed by atoms with Crippen LogP contribution in [0.15, 0.2) is 42.5 Å². The lowest BCUT2D eigenvalue weighted by atomic mass is 10.1. The van der Waals surface area contributed by atoms with Crippen LogP contribution in [-0.2, 0) is 20.5 Å². The quantitative estimate of drug-likeness (QED) is 0.791. The largest absolute Gasteiger partial charge is 0.379 e. The van der Waals surface area contributed by atoms with Crippen molar-refractivity contribution in [3.8, 4) is 0 Å². The number of amides is 1. The molecule has 2 aromatic carbocycles. The lowest BCUT2D eigenvalue weighted by Crippen LogP contribution is -2.41. The molecule has 1 N–H and O–H groups in total. The van der Waals surface area contributed by atoms with E-state index in [0.29, 0.717) is 53.2 Å². The second-order valence-electron chi connectivity index (χ2n) is 6.04. The lowest BCUT2D eigenvalue weighted by Gasteiger charge is -2.26. The molecule has 3 rings (SSSR count). The summed E-state index contributed by atoms with van der Waals surface area (Å²) in [5.74, 6) is -0.459. The Balaban J connectivity index is 1.66. The van der Waals surface area contributed by atoms with Crippen LogP contribution in [0.1, 0.15) is 15.9 Å². The van der Waals surface area contributed by atoms with Gasteiger partial charge in [0.1, 0.15) is 0 Å². The Kier molecular flexibility index (Phi) is 6.39. The molecule has 1 saturated heterocycles. The van der Waals surface area contributed by atoms with Gasteiger partial charge in [-0.1, -0.05) is 35.3 Å². The van der Waals surface area contributed by atoms with Crippen molar-refractivity contribution >= 4 is 44.8 Å². The summed E-state index contributed by atoms with van der Waals surface area (Å²) in [5, 5.41) is 3.52. The number of nitrogens with one attached hydrogen (secondary N) is 1. The number of sulfonamides is 1. The van der Waals surface area contributed by atoms with Crippen LogP contribution < -0.4 is 5.32 Å². The SMILES string of the molecule is O=C(Nc1ccc(Cl)cc1Cl)c1ccc(CS(=O)(=O)N2CCOCC2)cc1. The molecule has 1 aliphatic rings. The average Bonchev–Trinajstić information content (AvgIpc) is 2.65. The van der Waals surface area contributed by atoms with E-state index in [1.807, 2.05) is 0 Å².